The zero-order valence-electron chi connectivity index (χ0n) is 11.8. The Bertz CT molecular complexity index is 515. The molecule has 19 heavy (non-hydrogen) atoms. The maximum atomic E-state index is 11.7. The van der Waals surface area contributed by atoms with Crippen LogP contribution in [0.1, 0.15) is 26.7 Å². The molecular formula is C13H23N3O2S. The first kappa shape index (κ1) is 15.8. The van der Waals surface area contributed by atoms with E-state index in [0.29, 0.717) is 0 Å². The molecule has 1 rings (SSSR count). The summed E-state index contributed by atoms with van der Waals surface area (Å²) in [6, 6.07) is 5.09. The topological polar surface area (TPSA) is 75.4 Å². The molecule has 0 aromatic heterocycles. The largest absolute Gasteiger partial charge is 0.398 e. The second-order valence-corrected chi connectivity index (χ2v) is 6.22. The summed E-state index contributed by atoms with van der Waals surface area (Å²) in [5.41, 5.74) is 7.10. The Balaban J connectivity index is 3.05. The predicted molar refractivity (Wildman–Crippen MR) is 79.9 cm³/mol. The third kappa shape index (κ3) is 3.84. The van der Waals surface area contributed by atoms with Gasteiger partial charge in [0, 0.05) is 18.8 Å². The SMILES string of the molecule is CCCCN(CC)c1ccc(S(=O)(=O)NC)c(N)c1. The highest BCUT2D eigenvalue weighted by atomic mass is 32.2. The van der Waals surface area contributed by atoms with E-state index in [2.05, 4.69) is 23.5 Å². The van der Waals surface area contributed by atoms with E-state index in [-0.39, 0.29) is 10.6 Å². The smallest absolute Gasteiger partial charge is 0.242 e. The normalized spacial score (nSPS) is 11.5. The first-order valence-electron chi connectivity index (χ1n) is 6.54. The number of nitrogens with two attached hydrogens (primary N) is 1. The van der Waals surface area contributed by atoms with Gasteiger partial charge in [-0.1, -0.05) is 13.3 Å². The van der Waals surface area contributed by atoms with Gasteiger partial charge in [0.25, 0.3) is 0 Å². The average molecular weight is 285 g/mol. The van der Waals surface area contributed by atoms with Crippen LogP contribution in [0.5, 0.6) is 0 Å². The third-order valence-corrected chi connectivity index (χ3v) is 4.57. The monoisotopic (exact) mass is 285 g/mol. The number of benzene rings is 1. The molecule has 0 aliphatic carbocycles. The van der Waals surface area contributed by atoms with E-state index >= 15 is 0 Å². The summed E-state index contributed by atoms with van der Waals surface area (Å²) in [4.78, 5) is 2.32. The van der Waals surface area contributed by atoms with E-state index in [1.54, 1.807) is 18.2 Å². The highest BCUT2D eigenvalue weighted by Gasteiger charge is 2.16. The maximum absolute atomic E-state index is 11.7. The van der Waals surface area contributed by atoms with E-state index in [0.717, 1.165) is 31.6 Å². The molecule has 0 fully saturated rings. The lowest BCUT2D eigenvalue weighted by Crippen LogP contribution is -2.24. The molecule has 0 atom stereocenters. The van der Waals surface area contributed by atoms with Crippen molar-refractivity contribution in [2.45, 2.75) is 31.6 Å². The Morgan fingerprint density at radius 2 is 2.00 bits per heavy atom. The summed E-state index contributed by atoms with van der Waals surface area (Å²) in [5, 5.41) is 0. The van der Waals surface area contributed by atoms with Crippen molar-refractivity contribution in [3.05, 3.63) is 18.2 Å². The van der Waals surface area contributed by atoms with Gasteiger partial charge in [0.15, 0.2) is 0 Å². The molecule has 0 amide bonds. The lowest BCUT2D eigenvalue weighted by molar-refractivity contribution is 0.588. The molecule has 0 saturated carbocycles. The molecule has 1 aromatic rings. The van der Waals surface area contributed by atoms with E-state index in [1.165, 1.54) is 7.05 Å². The summed E-state index contributed by atoms with van der Waals surface area (Å²) in [6.45, 7) is 6.04. The number of unbranched alkanes of at least 4 members (excludes halogenated alkanes) is 1. The van der Waals surface area contributed by atoms with Gasteiger partial charge in [-0.3, -0.25) is 0 Å². The summed E-state index contributed by atoms with van der Waals surface area (Å²) in [6.07, 6.45) is 2.22. The van der Waals surface area contributed by atoms with Crippen molar-refractivity contribution >= 4 is 21.4 Å². The van der Waals surface area contributed by atoms with Crippen molar-refractivity contribution in [2.24, 2.45) is 0 Å². The van der Waals surface area contributed by atoms with Crippen LogP contribution in [-0.4, -0.2) is 28.6 Å². The van der Waals surface area contributed by atoms with Crippen molar-refractivity contribution in [2.75, 3.05) is 30.8 Å². The Morgan fingerprint density at radius 3 is 2.47 bits per heavy atom. The number of hydrogen-bond donors (Lipinski definition) is 2. The molecule has 0 aliphatic heterocycles. The molecule has 1 aromatic carbocycles. The molecule has 0 bridgehead atoms. The van der Waals surface area contributed by atoms with Crippen LogP contribution in [0.15, 0.2) is 23.1 Å². The van der Waals surface area contributed by atoms with Crippen LogP contribution in [0.2, 0.25) is 0 Å². The van der Waals surface area contributed by atoms with Gasteiger partial charge < -0.3 is 10.6 Å². The van der Waals surface area contributed by atoms with Gasteiger partial charge >= 0.3 is 0 Å². The van der Waals surface area contributed by atoms with E-state index in [9.17, 15) is 8.42 Å². The first-order chi connectivity index (χ1) is 8.96. The lowest BCUT2D eigenvalue weighted by Gasteiger charge is -2.23. The highest BCUT2D eigenvalue weighted by molar-refractivity contribution is 7.89. The molecule has 0 radical (unpaired) electrons. The Kier molecular flexibility index (Phi) is 5.62. The molecule has 3 N–H and O–H groups in total. The molecule has 108 valence electrons. The van der Waals surface area contributed by atoms with Crippen LogP contribution >= 0.6 is 0 Å². The number of rotatable bonds is 7. The Labute approximate surface area is 115 Å². The Hall–Kier alpha value is -1.27. The standard InChI is InChI=1S/C13H23N3O2S/c1-4-6-9-16(5-2)11-7-8-13(12(14)10-11)19(17,18)15-3/h7-8,10,15H,4-6,9,14H2,1-3H3. The molecular weight excluding hydrogens is 262 g/mol. The average Bonchev–Trinajstić information content (AvgIpc) is 2.39. The molecule has 5 nitrogen and oxygen atoms in total. The van der Waals surface area contributed by atoms with Crippen LogP contribution in [0.3, 0.4) is 0 Å². The molecule has 0 saturated heterocycles. The number of nitrogen functional groups attached to an aromatic ring is 1. The van der Waals surface area contributed by atoms with Gasteiger partial charge in [0.2, 0.25) is 10.0 Å². The number of nitrogens with zero attached hydrogens (tertiary/aromatic N) is 1. The minimum atomic E-state index is -3.49. The number of hydrogen-bond acceptors (Lipinski definition) is 4. The highest BCUT2D eigenvalue weighted by Crippen LogP contribution is 2.25. The lowest BCUT2D eigenvalue weighted by atomic mass is 10.2. The Morgan fingerprint density at radius 1 is 1.32 bits per heavy atom. The van der Waals surface area contributed by atoms with Gasteiger partial charge in [-0.15, -0.1) is 0 Å². The van der Waals surface area contributed by atoms with E-state index in [4.69, 9.17) is 5.73 Å². The second kappa shape index (κ2) is 6.77. The molecule has 6 heteroatoms. The van der Waals surface area contributed by atoms with E-state index in [1.807, 2.05) is 0 Å². The van der Waals surface area contributed by atoms with E-state index < -0.39 is 10.0 Å². The first-order valence-corrected chi connectivity index (χ1v) is 8.02. The summed E-state index contributed by atoms with van der Waals surface area (Å²) in [7, 11) is -2.11. The maximum Gasteiger partial charge on any atom is 0.242 e. The number of anilines is 2. The van der Waals surface area contributed by atoms with Gasteiger partial charge in [0.05, 0.1) is 5.69 Å². The molecule has 0 unspecified atom stereocenters. The van der Waals surface area contributed by atoms with Crippen LogP contribution in [0.25, 0.3) is 0 Å². The molecule has 0 aliphatic rings. The van der Waals surface area contributed by atoms with Crippen LogP contribution in [-0.2, 0) is 10.0 Å². The fraction of sp³-hybridized carbons (Fsp3) is 0.538. The van der Waals surface area contributed by atoms with Gasteiger partial charge in [-0.05, 0) is 38.6 Å². The number of sulfonamides is 1. The fourth-order valence-corrected chi connectivity index (χ4v) is 2.74. The zero-order valence-corrected chi connectivity index (χ0v) is 12.6. The summed E-state index contributed by atoms with van der Waals surface area (Å²) >= 11 is 0. The third-order valence-electron chi connectivity index (χ3n) is 3.08. The zero-order chi connectivity index (χ0) is 14.5. The van der Waals surface area contributed by atoms with Crippen LogP contribution in [0, 0.1) is 0 Å². The quantitative estimate of drug-likeness (QED) is 0.749. The van der Waals surface area contributed by atoms with Crippen molar-refractivity contribution in [3.63, 3.8) is 0 Å². The van der Waals surface area contributed by atoms with Crippen LogP contribution in [0.4, 0.5) is 11.4 Å². The van der Waals surface area contributed by atoms with Crippen molar-refractivity contribution in [1.29, 1.82) is 0 Å². The number of nitrogens with one attached hydrogen (secondary N) is 1. The minimum Gasteiger partial charge on any atom is -0.398 e. The van der Waals surface area contributed by atoms with Gasteiger partial charge in [-0.2, -0.15) is 0 Å². The second-order valence-electron chi connectivity index (χ2n) is 4.36. The van der Waals surface area contributed by atoms with Gasteiger partial charge in [0.1, 0.15) is 4.90 Å². The van der Waals surface area contributed by atoms with Gasteiger partial charge in [-0.25, -0.2) is 13.1 Å². The summed E-state index contributed by atoms with van der Waals surface area (Å²) in [5.74, 6) is 0. The molecule has 0 spiro atoms. The fourth-order valence-electron chi connectivity index (χ4n) is 1.91. The molecule has 0 heterocycles. The summed E-state index contributed by atoms with van der Waals surface area (Å²) < 4.78 is 25.8. The van der Waals surface area contributed by atoms with Crippen molar-refractivity contribution in [1.82, 2.24) is 4.72 Å². The van der Waals surface area contributed by atoms with Crippen molar-refractivity contribution in [3.8, 4) is 0 Å². The van der Waals surface area contributed by atoms with Crippen LogP contribution < -0.4 is 15.4 Å². The minimum absolute atomic E-state index is 0.130. The predicted octanol–water partition coefficient (Wildman–Crippen LogP) is 1.80. The van der Waals surface area contributed by atoms with Crippen molar-refractivity contribution < 1.29 is 8.42 Å².